The Hall–Kier alpha value is -1.66. The SMILES string of the molecule is C=CCOC[C@H]1O[C@@H]2O[C@H]3[C@H](O)[C@@H](O)[C@@H](O[C@H]4[C@H](O)[C@@H](O)[C@@H](O[C@H]5[C@H](O)[C@@H](O)[C@@H](O[C@H]6[C@H](O)[C@@H](O)[C@@H](O[C@H]7[C@H](O)[C@@H](O)[C@@H](O[C@H]8[C@H](O)[C@@H](O)[C@@H](O[C@H]1[C@H](O)[C@H]2O)O[C@@H]8CO)O[C@@H]7CO)O[C@@H]6CO)O[C@@H]5CO)O[C@@H]4CO)O[C@@H]3CO. The summed E-state index contributed by atoms with van der Waals surface area (Å²) < 4.78 is 86.1. The lowest BCUT2D eigenvalue weighted by atomic mass is 9.95. The number of hydrogen-bond acceptors (Lipinski definition) is 35. The summed E-state index contributed by atoms with van der Waals surface area (Å²) in [7, 11) is 0. The second-order valence-corrected chi connectivity index (χ2v) is 20.3. The first-order valence-corrected chi connectivity index (χ1v) is 25.7. The van der Waals surface area contributed by atoms with Crippen LogP contribution in [0, 0.1) is 0 Å². The molecule has 0 aliphatic carbocycles. The Bertz CT molecular complexity index is 1900. The predicted octanol–water partition coefficient (Wildman–Crippen LogP) is -14.0. The monoisotopic (exact) mass is 1170 g/mol. The van der Waals surface area contributed by atoms with E-state index < -0.39 is 261 Å². The summed E-state index contributed by atoms with van der Waals surface area (Å²) >= 11 is 0. The van der Waals surface area contributed by atoms with Gasteiger partial charge in [-0.2, -0.15) is 0 Å². The van der Waals surface area contributed by atoms with Crippen molar-refractivity contribution in [3.05, 3.63) is 12.7 Å². The van der Waals surface area contributed by atoms with Gasteiger partial charge < -0.3 is 173 Å². The highest BCUT2D eigenvalue weighted by Gasteiger charge is 2.59. The molecule has 0 aromatic rings. The molecule has 35 heteroatoms. The van der Waals surface area contributed by atoms with E-state index in [-0.39, 0.29) is 6.61 Å². The highest BCUT2D eigenvalue weighted by Crippen LogP contribution is 2.39. The van der Waals surface area contributed by atoms with Crippen LogP contribution in [-0.4, -0.2) is 370 Å². The molecule has 21 heterocycles. The van der Waals surface area contributed by atoms with E-state index in [9.17, 15) is 102 Å². The van der Waals surface area contributed by atoms with E-state index in [1.165, 1.54) is 6.08 Å². The standard InChI is InChI=1S/C45H74O35/c1-2-3-66-10-17-38-24(58)31(65)45(73-17)79-37-16(9-51)71-43(29(63)22(37)56)77-35-14(7-49)69-41(27(61)20(35)54)75-33-12(5-47)67-39(25(59)18(33)52)74-32-11(4-46)68-40(26(60)19(32)53)76-34-13(6-48)70-42(28(62)21(34)55)78-36-15(8-50)72-44(80-38)30(64)23(36)57/h2,11-65H,1,3-10H2/t11-,12-,13-,14-,15-,16-,17-,18-,19-,20-,21-,22-,23-,24-,25-,26-,27-,28-,29-,30-,31-,32-,33-,34-,35-,36-,37-,38-,39-,40-,41-,42-,43-,44-,45-/m1/s1. The Balaban J connectivity index is 1.09. The van der Waals surface area contributed by atoms with Gasteiger partial charge in [-0.15, -0.1) is 6.58 Å². The molecule has 0 amide bonds. The normalized spacial score (nSPS) is 53.7. The van der Waals surface area contributed by atoms with Gasteiger partial charge in [0.2, 0.25) is 0 Å². The highest BCUT2D eigenvalue weighted by molar-refractivity contribution is 5.02. The first-order valence-electron chi connectivity index (χ1n) is 25.7. The molecule has 21 fully saturated rings. The number of aliphatic hydroxyl groups excluding tert-OH is 20. The minimum absolute atomic E-state index is 0.137. The molecule has 21 saturated heterocycles. The van der Waals surface area contributed by atoms with Crippen LogP contribution in [0.15, 0.2) is 12.7 Å². The molecule has 35 atom stereocenters. The van der Waals surface area contributed by atoms with Gasteiger partial charge in [0, 0.05) is 0 Å². The molecule has 35 nitrogen and oxygen atoms in total. The first kappa shape index (κ1) is 64.3. The summed E-state index contributed by atoms with van der Waals surface area (Å²) in [4.78, 5) is 0. The smallest absolute Gasteiger partial charge is 0.187 e. The average Bonchev–Trinajstić information content (AvgIpc) is 3.50. The number of rotatable bonds is 10. The molecule has 0 radical (unpaired) electrons. The summed E-state index contributed by atoms with van der Waals surface area (Å²) in [5.41, 5.74) is 0. The van der Waals surface area contributed by atoms with Gasteiger partial charge in [-0.05, 0) is 0 Å². The van der Waals surface area contributed by atoms with Crippen molar-refractivity contribution in [1.29, 1.82) is 0 Å². The van der Waals surface area contributed by atoms with Gasteiger partial charge in [0.05, 0.1) is 52.9 Å². The zero-order valence-electron chi connectivity index (χ0n) is 42.2. The third-order valence-corrected chi connectivity index (χ3v) is 15.1. The molecule has 0 aromatic carbocycles. The predicted molar refractivity (Wildman–Crippen MR) is 242 cm³/mol. The molecule has 21 aliphatic rings. The van der Waals surface area contributed by atoms with Crippen molar-refractivity contribution in [3.8, 4) is 0 Å². The van der Waals surface area contributed by atoms with Gasteiger partial charge >= 0.3 is 0 Å². The van der Waals surface area contributed by atoms with Gasteiger partial charge in [0.25, 0.3) is 0 Å². The van der Waals surface area contributed by atoms with Crippen molar-refractivity contribution in [2.75, 3.05) is 52.9 Å². The van der Waals surface area contributed by atoms with Crippen LogP contribution in [0.2, 0.25) is 0 Å². The second kappa shape index (κ2) is 27.8. The van der Waals surface area contributed by atoms with E-state index in [4.69, 9.17) is 71.1 Å². The Morgan fingerprint density at radius 3 is 0.575 bits per heavy atom. The molecule has 0 spiro atoms. The van der Waals surface area contributed by atoms with E-state index in [0.29, 0.717) is 0 Å². The number of ether oxygens (including phenoxy) is 15. The maximum atomic E-state index is 11.6. The largest absolute Gasteiger partial charge is 0.394 e. The van der Waals surface area contributed by atoms with Crippen LogP contribution < -0.4 is 0 Å². The van der Waals surface area contributed by atoms with Crippen molar-refractivity contribution < 1.29 is 173 Å². The maximum Gasteiger partial charge on any atom is 0.187 e. The molecular weight excluding hydrogens is 1100 g/mol. The zero-order chi connectivity index (χ0) is 58.2. The summed E-state index contributed by atoms with van der Waals surface area (Å²) in [5, 5.41) is 222. The Morgan fingerprint density at radius 1 is 0.250 bits per heavy atom. The minimum atomic E-state index is -2.21. The summed E-state index contributed by atoms with van der Waals surface area (Å²) in [6.45, 7) is -3.33. The summed E-state index contributed by atoms with van der Waals surface area (Å²) in [6, 6.07) is 0. The van der Waals surface area contributed by atoms with E-state index in [1.807, 2.05) is 0 Å². The van der Waals surface area contributed by atoms with Crippen LogP contribution in [0.3, 0.4) is 0 Å². The lowest BCUT2D eigenvalue weighted by Crippen LogP contribution is -2.68. The topological polar surface area (TPSA) is 543 Å². The highest BCUT2D eigenvalue weighted by atomic mass is 16.8. The van der Waals surface area contributed by atoms with E-state index >= 15 is 0 Å². The van der Waals surface area contributed by atoms with Crippen LogP contribution in [0.4, 0.5) is 0 Å². The molecule has 20 N–H and O–H groups in total. The van der Waals surface area contributed by atoms with Crippen molar-refractivity contribution in [2.24, 2.45) is 0 Å². The molecule has 0 unspecified atom stereocenters. The third kappa shape index (κ3) is 12.9. The van der Waals surface area contributed by atoms with E-state index in [0.717, 1.165) is 0 Å². The third-order valence-electron chi connectivity index (χ3n) is 15.1. The Kier molecular flexibility index (Phi) is 22.4. The second-order valence-electron chi connectivity index (χ2n) is 20.3. The van der Waals surface area contributed by atoms with Gasteiger partial charge in [-0.3, -0.25) is 0 Å². The van der Waals surface area contributed by atoms with Gasteiger partial charge in [0.15, 0.2) is 44.0 Å². The van der Waals surface area contributed by atoms with Gasteiger partial charge in [-0.25, -0.2) is 0 Å². The van der Waals surface area contributed by atoms with Crippen molar-refractivity contribution in [3.63, 3.8) is 0 Å². The van der Waals surface area contributed by atoms with Crippen LogP contribution >= 0.6 is 0 Å². The molecule has 21 aliphatic heterocycles. The Morgan fingerprint density at radius 2 is 0.412 bits per heavy atom. The summed E-state index contributed by atoms with van der Waals surface area (Å²) in [5.74, 6) is 0. The first-order chi connectivity index (χ1) is 38.2. The van der Waals surface area contributed by atoms with Gasteiger partial charge in [-0.1, -0.05) is 6.08 Å². The fourth-order valence-electron chi connectivity index (χ4n) is 10.7. The fraction of sp³-hybridized carbons (Fsp3) is 0.956. The Labute approximate surface area is 453 Å². The molecule has 14 bridgehead atoms. The molecule has 80 heavy (non-hydrogen) atoms. The van der Waals surface area contributed by atoms with Crippen LogP contribution in [0.25, 0.3) is 0 Å². The lowest BCUT2D eigenvalue weighted by molar-refractivity contribution is -0.396. The van der Waals surface area contributed by atoms with Crippen molar-refractivity contribution >= 4 is 0 Å². The van der Waals surface area contributed by atoms with E-state index in [2.05, 4.69) is 6.58 Å². The average molecular weight is 1180 g/mol. The molecule has 464 valence electrons. The fourth-order valence-corrected chi connectivity index (χ4v) is 10.7. The van der Waals surface area contributed by atoms with Crippen LogP contribution in [-0.2, 0) is 71.1 Å². The lowest BCUT2D eigenvalue weighted by Gasteiger charge is -2.50. The van der Waals surface area contributed by atoms with Crippen molar-refractivity contribution in [1.82, 2.24) is 0 Å². The summed E-state index contributed by atoms with van der Waals surface area (Å²) in [6.07, 6.45) is -68.2. The van der Waals surface area contributed by atoms with Crippen LogP contribution in [0.1, 0.15) is 0 Å². The minimum Gasteiger partial charge on any atom is -0.394 e. The zero-order valence-corrected chi connectivity index (χ0v) is 42.2. The molecule has 0 aromatic heterocycles. The quantitative estimate of drug-likeness (QED) is 0.0713. The molecular formula is C45H74O35. The maximum absolute atomic E-state index is 11.6. The molecule has 21 rings (SSSR count). The number of aliphatic hydroxyl groups is 20. The van der Waals surface area contributed by atoms with E-state index in [1.54, 1.807) is 0 Å². The van der Waals surface area contributed by atoms with Crippen molar-refractivity contribution in [2.45, 2.75) is 215 Å². The van der Waals surface area contributed by atoms with Crippen LogP contribution in [0.5, 0.6) is 0 Å². The number of hydrogen-bond donors (Lipinski definition) is 20. The molecule has 0 saturated carbocycles. The van der Waals surface area contributed by atoms with Gasteiger partial charge in [0.1, 0.15) is 171 Å².